The number of nitrogens with one attached hydrogen (secondary N) is 2. The van der Waals surface area contributed by atoms with Crippen molar-refractivity contribution in [3.8, 4) is 0 Å². The molecule has 0 aliphatic rings. The fourth-order valence-electron chi connectivity index (χ4n) is 2.41. The molecule has 2 amide bonds. The van der Waals surface area contributed by atoms with Gasteiger partial charge < -0.3 is 15.2 Å². The van der Waals surface area contributed by atoms with Crippen LogP contribution in [0.15, 0.2) is 47.6 Å². The molecule has 0 aliphatic carbocycles. The van der Waals surface area contributed by atoms with Crippen LogP contribution in [0.25, 0.3) is 0 Å². The summed E-state index contributed by atoms with van der Waals surface area (Å²) in [6, 6.07) is 11.7. The van der Waals surface area contributed by atoms with Crippen LogP contribution in [0, 0.1) is 0 Å². The normalized spacial score (nSPS) is 10.7. The molecule has 7 nitrogen and oxygen atoms in total. The molecule has 0 unspecified atom stereocenters. The lowest BCUT2D eigenvalue weighted by atomic mass is 10.3. The first-order chi connectivity index (χ1) is 14.3. The molecule has 0 radical (unpaired) electrons. The third kappa shape index (κ3) is 6.12. The molecule has 30 heavy (non-hydrogen) atoms. The number of carbonyl (C=O) groups excluding carboxylic acids is 2. The van der Waals surface area contributed by atoms with Crippen LogP contribution in [-0.4, -0.2) is 32.3 Å². The third-order valence-electron chi connectivity index (χ3n) is 3.91. The van der Waals surface area contributed by atoms with Crippen molar-refractivity contribution >= 4 is 69.8 Å². The molecule has 2 N–H and O–H groups in total. The number of carbonyl (C=O) groups is 2. The second-order valence-electron chi connectivity index (χ2n) is 6.16. The molecule has 0 fully saturated rings. The van der Waals surface area contributed by atoms with Crippen molar-refractivity contribution in [1.29, 1.82) is 0 Å². The van der Waals surface area contributed by atoms with Gasteiger partial charge in [0.1, 0.15) is 5.82 Å². The Morgan fingerprint density at radius 3 is 2.30 bits per heavy atom. The van der Waals surface area contributed by atoms with Crippen molar-refractivity contribution in [3.05, 3.63) is 63.4 Å². The van der Waals surface area contributed by atoms with E-state index in [0.29, 0.717) is 37.4 Å². The van der Waals surface area contributed by atoms with Gasteiger partial charge in [-0.05, 0) is 42.5 Å². The molecule has 0 saturated carbocycles. The predicted octanol–water partition coefficient (Wildman–Crippen LogP) is 4.69. The van der Waals surface area contributed by atoms with Crippen LogP contribution in [0.5, 0.6) is 0 Å². The van der Waals surface area contributed by atoms with E-state index in [1.54, 1.807) is 54.1 Å². The van der Waals surface area contributed by atoms with E-state index in [1.165, 1.54) is 11.8 Å². The lowest BCUT2D eigenvalue weighted by molar-refractivity contribution is -0.116. The Morgan fingerprint density at radius 1 is 0.933 bits per heavy atom. The second kappa shape index (κ2) is 10.2. The Kier molecular flexibility index (Phi) is 7.60. The molecule has 3 rings (SSSR count). The van der Waals surface area contributed by atoms with E-state index in [0.717, 1.165) is 0 Å². The first kappa shape index (κ1) is 22.4. The van der Waals surface area contributed by atoms with Crippen molar-refractivity contribution in [3.63, 3.8) is 0 Å². The molecule has 1 heterocycles. The standard InChI is InChI=1S/C19H16Cl3N5O2S/c1-27-16(9-17(28)24-13-6-7-14(21)15(22)8-13)25-26-19(27)30-10-18(29)23-12-4-2-11(20)3-5-12/h2-8H,9-10H2,1H3,(H,23,29)(H,24,28). The summed E-state index contributed by atoms with van der Waals surface area (Å²) in [6.45, 7) is 0. The highest BCUT2D eigenvalue weighted by Gasteiger charge is 2.15. The fourth-order valence-corrected chi connectivity index (χ4v) is 3.56. The summed E-state index contributed by atoms with van der Waals surface area (Å²) in [7, 11) is 1.74. The van der Waals surface area contributed by atoms with Gasteiger partial charge in [-0.3, -0.25) is 9.59 Å². The average molecular weight is 485 g/mol. The molecule has 1 aromatic heterocycles. The van der Waals surface area contributed by atoms with Crippen LogP contribution in [0.4, 0.5) is 11.4 Å². The maximum Gasteiger partial charge on any atom is 0.234 e. The number of benzene rings is 2. The number of halogens is 3. The number of thioether (sulfide) groups is 1. The molecule has 0 atom stereocenters. The fraction of sp³-hybridized carbons (Fsp3) is 0.158. The number of anilines is 2. The minimum atomic E-state index is -0.277. The monoisotopic (exact) mass is 483 g/mol. The summed E-state index contributed by atoms with van der Waals surface area (Å²) in [6.07, 6.45) is 0.0152. The number of nitrogens with zero attached hydrogens (tertiary/aromatic N) is 3. The van der Waals surface area contributed by atoms with Crippen LogP contribution >= 0.6 is 46.6 Å². The maximum absolute atomic E-state index is 12.3. The maximum atomic E-state index is 12.3. The Bertz CT molecular complexity index is 1070. The molecule has 0 bridgehead atoms. The second-order valence-corrected chi connectivity index (χ2v) is 8.35. The van der Waals surface area contributed by atoms with E-state index in [9.17, 15) is 9.59 Å². The highest BCUT2D eigenvalue weighted by atomic mass is 35.5. The van der Waals surface area contributed by atoms with E-state index in [4.69, 9.17) is 34.8 Å². The number of hydrogen-bond acceptors (Lipinski definition) is 5. The summed E-state index contributed by atoms with van der Waals surface area (Å²) in [5, 5.41) is 15.5. The number of amides is 2. The zero-order valence-electron chi connectivity index (χ0n) is 15.7. The van der Waals surface area contributed by atoms with Gasteiger partial charge in [0.15, 0.2) is 5.16 Å². The smallest absolute Gasteiger partial charge is 0.234 e. The number of aromatic nitrogens is 3. The van der Waals surface area contributed by atoms with E-state index >= 15 is 0 Å². The Morgan fingerprint density at radius 2 is 1.60 bits per heavy atom. The van der Waals surface area contributed by atoms with E-state index in [2.05, 4.69) is 20.8 Å². The third-order valence-corrected chi connectivity index (χ3v) is 5.92. The van der Waals surface area contributed by atoms with Crippen LogP contribution in [0.2, 0.25) is 15.1 Å². The quantitative estimate of drug-likeness (QED) is 0.475. The van der Waals surface area contributed by atoms with Gasteiger partial charge in [0, 0.05) is 23.4 Å². The van der Waals surface area contributed by atoms with Crippen molar-refractivity contribution < 1.29 is 9.59 Å². The van der Waals surface area contributed by atoms with Crippen LogP contribution < -0.4 is 10.6 Å². The van der Waals surface area contributed by atoms with Crippen molar-refractivity contribution in [2.75, 3.05) is 16.4 Å². The topological polar surface area (TPSA) is 88.9 Å². The highest BCUT2D eigenvalue weighted by Crippen LogP contribution is 2.25. The molecule has 0 aliphatic heterocycles. The minimum Gasteiger partial charge on any atom is -0.326 e. The summed E-state index contributed by atoms with van der Waals surface area (Å²) < 4.78 is 1.68. The SMILES string of the molecule is Cn1c(CC(=O)Nc2ccc(Cl)c(Cl)c2)nnc1SCC(=O)Nc1ccc(Cl)cc1. The van der Waals surface area contributed by atoms with Crippen LogP contribution in [0.3, 0.4) is 0 Å². The van der Waals surface area contributed by atoms with Gasteiger partial charge in [-0.25, -0.2) is 0 Å². The molecule has 2 aromatic carbocycles. The van der Waals surface area contributed by atoms with Crippen LogP contribution in [-0.2, 0) is 23.1 Å². The first-order valence-electron chi connectivity index (χ1n) is 8.63. The lowest BCUT2D eigenvalue weighted by Crippen LogP contribution is -2.17. The van der Waals surface area contributed by atoms with Gasteiger partial charge in [0.05, 0.1) is 22.2 Å². The molecule has 0 saturated heterocycles. The molecular formula is C19H16Cl3N5O2S. The highest BCUT2D eigenvalue weighted by molar-refractivity contribution is 7.99. The Balaban J connectivity index is 1.53. The van der Waals surface area contributed by atoms with E-state index < -0.39 is 0 Å². The molecule has 156 valence electrons. The van der Waals surface area contributed by atoms with Crippen molar-refractivity contribution in [2.45, 2.75) is 11.6 Å². The number of rotatable bonds is 7. The van der Waals surface area contributed by atoms with Gasteiger partial charge in [0.25, 0.3) is 0 Å². The largest absolute Gasteiger partial charge is 0.326 e. The summed E-state index contributed by atoms with van der Waals surface area (Å²) >= 11 is 18.9. The molecule has 3 aromatic rings. The Labute approximate surface area is 192 Å². The van der Waals surface area contributed by atoms with Gasteiger partial charge in [-0.1, -0.05) is 46.6 Å². The zero-order valence-corrected chi connectivity index (χ0v) is 18.7. The first-order valence-corrected chi connectivity index (χ1v) is 10.7. The lowest BCUT2D eigenvalue weighted by Gasteiger charge is -2.07. The van der Waals surface area contributed by atoms with E-state index in [1.807, 2.05) is 0 Å². The molecule has 11 heteroatoms. The summed E-state index contributed by atoms with van der Waals surface area (Å²) in [5.41, 5.74) is 1.19. The zero-order chi connectivity index (χ0) is 21.7. The minimum absolute atomic E-state index is 0.0152. The summed E-state index contributed by atoms with van der Waals surface area (Å²) in [5.74, 6) is 0.141. The Hall–Kier alpha value is -2.26. The van der Waals surface area contributed by atoms with Crippen molar-refractivity contribution in [2.24, 2.45) is 7.05 Å². The average Bonchev–Trinajstić information content (AvgIpc) is 3.04. The van der Waals surface area contributed by atoms with Crippen molar-refractivity contribution in [1.82, 2.24) is 14.8 Å². The van der Waals surface area contributed by atoms with Crippen LogP contribution in [0.1, 0.15) is 5.82 Å². The number of hydrogen-bond donors (Lipinski definition) is 2. The molecule has 0 spiro atoms. The summed E-state index contributed by atoms with van der Waals surface area (Å²) in [4.78, 5) is 24.4. The van der Waals surface area contributed by atoms with Gasteiger partial charge >= 0.3 is 0 Å². The van der Waals surface area contributed by atoms with Gasteiger partial charge in [-0.2, -0.15) is 0 Å². The van der Waals surface area contributed by atoms with E-state index in [-0.39, 0.29) is 24.0 Å². The predicted molar refractivity (Wildman–Crippen MR) is 121 cm³/mol. The van der Waals surface area contributed by atoms with Gasteiger partial charge in [-0.15, -0.1) is 10.2 Å². The van der Waals surface area contributed by atoms with Gasteiger partial charge in [0.2, 0.25) is 11.8 Å². The molecular weight excluding hydrogens is 469 g/mol.